The van der Waals surface area contributed by atoms with Crippen LogP contribution in [0.1, 0.15) is 31.1 Å². The predicted molar refractivity (Wildman–Crippen MR) is 117 cm³/mol. The molecule has 1 aliphatic rings. The lowest BCUT2D eigenvalue weighted by molar-refractivity contribution is 0.152. The molecule has 1 aromatic heterocycles. The van der Waals surface area contributed by atoms with Crippen molar-refractivity contribution in [3.05, 3.63) is 17.0 Å². The molecule has 1 fully saturated rings. The molecule has 2 rings (SSSR count). The highest BCUT2D eigenvalue weighted by Crippen LogP contribution is 2.26. The number of thiophene rings is 1. The van der Waals surface area contributed by atoms with E-state index >= 15 is 0 Å². The summed E-state index contributed by atoms with van der Waals surface area (Å²) >= 11 is 1.32. The Kier molecular flexibility index (Phi) is 11.0. The lowest BCUT2D eigenvalue weighted by Crippen LogP contribution is -2.38. The number of rotatable bonds is 8. The second kappa shape index (κ2) is 12.1. The van der Waals surface area contributed by atoms with Gasteiger partial charge in [0.1, 0.15) is 4.21 Å². The summed E-state index contributed by atoms with van der Waals surface area (Å²) in [6.07, 6.45) is 3.01. The molecule has 2 heterocycles. The van der Waals surface area contributed by atoms with Crippen molar-refractivity contribution in [3.8, 4) is 0 Å². The van der Waals surface area contributed by atoms with Gasteiger partial charge in [-0.05, 0) is 31.9 Å². The fourth-order valence-electron chi connectivity index (χ4n) is 2.60. The largest absolute Gasteiger partial charge is 0.380 e. The average Bonchev–Trinajstić information content (AvgIpc) is 3.12. The molecule has 7 nitrogen and oxygen atoms in total. The number of guanidine groups is 1. The second-order valence-electron chi connectivity index (χ2n) is 5.73. The van der Waals surface area contributed by atoms with Crippen molar-refractivity contribution in [1.29, 1.82) is 0 Å². The number of nitrogens with zero attached hydrogens (tertiary/aromatic N) is 2. The van der Waals surface area contributed by atoms with Crippen LogP contribution < -0.4 is 10.6 Å². The highest BCUT2D eigenvalue weighted by molar-refractivity contribution is 14.0. The summed E-state index contributed by atoms with van der Waals surface area (Å²) in [5, 5.41) is 6.35. The van der Waals surface area contributed by atoms with Crippen molar-refractivity contribution >= 4 is 51.3 Å². The minimum Gasteiger partial charge on any atom is -0.380 e. The van der Waals surface area contributed by atoms with Gasteiger partial charge in [-0.3, -0.25) is 4.99 Å². The second-order valence-corrected chi connectivity index (χ2v) is 9.07. The number of sulfonamides is 1. The molecule has 0 radical (unpaired) electrons. The summed E-state index contributed by atoms with van der Waals surface area (Å²) in [6, 6.07) is 3.57. The zero-order chi connectivity index (χ0) is 18.1. The summed E-state index contributed by atoms with van der Waals surface area (Å²) in [4.78, 5) is 5.11. The molecule has 1 saturated heterocycles. The van der Waals surface area contributed by atoms with E-state index in [0.29, 0.717) is 49.6 Å². The summed E-state index contributed by atoms with van der Waals surface area (Å²) in [5.41, 5.74) is 0. The monoisotopic (exact) mass is 516 g/mol. The zero-order valence-electron chi connectivity index (χ0n) is 15.4. The summed E-state index contributed by atoms with van der Waals surface area (Å²) in [5.74, 6) is 0.675. The highest BCUT2D eigenvalue weighted by atomic mass is 127. The van der Waals surface area contributed by atoms with Crippen molar-refractivity contribution < 1.29 is 13.2 Å². The molecule has 0 aromatic carbocycles. The first-order valence-electron chi connectivity index (χ1n) is 8.69. The number of nitrogens with one attached hydrogen (secondary N) is 2. The fraction of sp³-hybridized carbons (Fsp3) is 0.688. The van der Waals surface area contributed by atoms with Crippen molar-refractivity contribution in [1.82, 2.24) is 14.9 Å². The van der Waals surface area contributed by atoms with Gasteiger partial charge in [-0.2, -0.15) is 4.31 Å². The van der Waals surface area contributed by atoms with Crippen LogP contribution in [0.5, 0.6) is 0 Å². The molecule has 10 heteroatoms. The van der Waals surface area contributed by atoms with Gasteiger partial charge in [-0.1, -0.05) is 6.42 Å². The van der Waals surface area contributed by atoms with E-state index in [1.165, 1.54) is 11.3 Å². The van der Waals surface area contributed by atoms with E-state index in [1.54, 1.807) is 17.4 Å². The zero-order valence-corrected chi connectivity index (χ0v) is 19.3. The summed E-state index contributed by atoms with van der Waals surface area (Å²) in [6.45, 7) is 5.74. The fourth-order valence-corrected chi connectivity index (χ4v) is 5.57. The molecular weight excluding hydrogens is 487 g/mol. The van der Waals surface area contributed by atoms with E-state index in [1.807, 2.05) is 13.0 Å². The van der Waals surface area contributed by atoms with E-state index in [9.17, 15) is 8.42 Å². The third kappa shape index (κ3) is 6.95. The predicted octanol–water partition coefficient (Wildman–Crippen LogP) is 2.24. The topological polar surface area (TPSA) is 83.0 Å². The van der Waals surface area contributed by atoms with E-state index in [4.69, 9.17) is 4.74 Å². The van der Waals surface area contributed by atoms with Crippen LogP contribution in [0, 0.1) is 0 Å². The van der Waals surface area contributed by atoms with Crippen LogP contribution in [0.2, 0.25) is 0 Å². The number of hydrogen-bond acceptors (Lipinski definition) is 5. The number of hydrogen-bond donors (Lipinski definition) is 2. The Morgan fingerprint density at radius 2 is 2.00 bits per heavy atom. The quantitative estimate of drug-likeness (QED) is 0.240. The third-order valence-electron chi connectivity index (χ3n) is 3.94. The molecule has 2 N–H and O–H groups in total. The van der Waals surface area contributed by atoms with Crippen LogP contribution >= 0.6 is 35.3 Å². The smallest absolute Gasteiger partial charge is 0.252 e. The maximum atomic E-state index is 12.7. The van der Waals surface area contributed by atoms with Gasteiger partial charge >= 0.3 is 0 Å². The van der Waals surface area contributed by atoms with E-state index in [0.717, 1.165) is 24.1 Å². The first kappa shape index (κ1) is 23.6. The highest BCUT2D eigenvalue weighted by Gasteiger charge is 2.27. The van der Waals surface area contributed by atoms with Crippen molar-refractivity contribution in [3.63, 3.8) is 0 Å². The van der Waals surface area contributed by atoms with Crippen molar-refractivity contribution in [2.75, 3.05) is 39.9 Å². The molecule has 0 bridgehead atoms. The SMILES string of the molecule is CCOCCNC(=NC)NCc1ccc(S(=O)(=O)N2CCCCC2)s1.I. The van der Waals surface area contributed by atoms with Crippen molar-refractivity contribution in [2.45, 2.75) is 36.9 Å². The first-order chi connectivity index (χ1) is 12.1. The van der Waals surface area contributed by atoms with Crippen LogP contribution in [0.4, 0.5) is 0 Å². The molecule has 1 aromatic rings. The maximum absolute atomic E-state index is 12.7. The Hall–Kier alpha value is -0.430. The van der Waals surface area contributed by atoms with Gasteiger partial charge < -0.3 is 15.4 Å². The van der Waals surface area contributed by atoms with Gasteiger partial charge in [0.05, 0.1) is 13.2 Å². The van der Waals surface area contributed by atoms with Crippen molar-refractivity contribution in [2.24, 2.45) is 4.99 Å². The molecule has 1 aliphatic heterocycles. The standard InChI is InChI=1S/C16H28N4O3S2.HI/c1-3-23-12-9-18-16(17-2)19-13-14-7-8-15(24-14)25(21,22)20-10-5-4-6-11-20;/h7-8H,3-6,9-13H2,1-2H3,(H2,17,18,19);1H. The van der Waals surface area contributed by atoms with Gasteiger partial charge in [0.2, 0.25) is 0 Å². The number of ether oxygens (including phenoxy) is 1. The third-order valence-corrected chi connectivity index (χ3v) is 7.39. The van der Waals surface area contributed by atoms with E-state index in [-0.39, 0.29) is 24.0 Å². The molecule has 150 valence electrons. The molecule has 0 atom stereocenters. The van der Waals surface area contributed by atoms with Crippen LogP contribution in [-0.2, 0) is 21.3 Å². The van der Waals surface area contributed by atoms with Crippen LogP contribution in [0.15, 0.2) is 21.3 Å². The van der Waals surface area contributed by atoms with Crippen LogP contribution in [0.25, 0.3) is 0 Å². The first-order valence-corrected chi connectivity index (χ1v) is 10.9. The van der Waals surface area contributed by atoms with E-state index in [2.05, 4.69) is 15.6 Å². The number of piperidine rings is 1. The van der Waals surface area contributed by atoms with Gasteiger partial charge in [0, 0.05) is 38.2 Å². The number of aliphatic imine (C=N–C) groups is 1. The average molecular weight is 516 g/mol. The van der Waals surface area contributed by atoms with Gasteiger partial charge in [0.25, 0.3) is 10.0 Å². The molecule has 0 unspecified atom stereocenters. The minimum absolute atomic E-state index is 0. The molecular formula is C16H29IN4O3S2. The molecule has 0 amide bonds. The summed E-state index contributed by atoms with van der Waals surface area (Å²) in [7, 11) is -1.64. The molecule has 0 spiro atoms. The molecule has 26 heavy (non-hydrogen) atoms. The Balaban J connectivity index is 0.00000338. The lowest BCUT2D eigenvalue weighted by Gasteiger charge is -2.25. The lowest BCUT2D eigenvalue weighted by atomic mass is 10.2. The Labute approximate surface area is 177 Å². The van der Waals surface area contributed by atoms with E-state index < -0.39 is 10.0 Å². The minimum atomic E-state index is -3.34. The molecule has 0 aliphatic carbocycles. The number of halogens is 1. The normalized spacial score (nSPS) is 16.2. The Morgan fingerprint density at radius 1 is 1.27 bits per heavy atom. The Morgan fingerprint density at radius 3 is 2.65 bits per heavy atom. The molecule has 0 saturated carbocycles. The van der Waals surface area contributed by atoms with Crippen LogP contribution in [-0.4, -0.2) is 58.6 Å². The van der Waals surface area contributed by atoms with Crippen LogP contribution in [0.3, 0.4) is 0 Å². The van der Waals surface area contributed by atoms with Gasteiger partial charge in [-0.25, -0.2) is 8.42 Å². The summed E-state index contributed by atoms with van der Waals surface area (Å²) < 4.78 is 32.6. The maximum Gasteiger partial charge on any atom is 0.252 e. The van der Waals surface area contributed by atoms with Gasteiger partial charge in [-0.15, -0.1) is 35.3 Å². The Bertz CT molecular complexity index is 658. The van der Waals surface area contributed by atoms with Gasteiger partial charge in [0.15, 0.2) is 5.96 Å².